The van der Waals surface area contributed by atoms with Crippen molar-refractivity contribution in [3.63, 3.8) is 0 Å². The van der Waals surface area contributed by atoms with E-state index < -0.39 is 0 Å². The smallest absolute Gasteiger partial charge is 0.190 e. The van der Waals surface area contributed by atoms with Crippen molar-refractivity contribution in [2.24, 2.45) is 16.8 Å². The number of hydrogen-bond acceptors (Lipinski definition) is 3. The van der Waals surface area contributed by atoms with Gasteiger partial charge in [-0.25, -0.2) is 0 Å². The molecule has 0 aromatic carbocycles. The molecule has 0 saturated heterocycles. The number of nitrogens with one attached hydrogen (secondary N) is 2. The van der Waals surface area contributed by atoms with Crippen molar-refractivity contribution >= 4 is 5.96 Å². The van der Waals surface area contributed by atoms with Crippen molar-refractivity contribution in [3.8, 4) is 0 Å². The lowest BCUT2D eigenvalue weighted by Crippen LogP contribution is -2.39. The average Bonchev–Trinajstić information content (AvgIpc) is 2.87. The maximum absolute atomic E-state index is 4.41. The SMILES string of the molecule is CN=C(NCCc1nnc2n1CCCCC2)NCCC1CCCC(C)C1. The first-order chi connectivity index (χ1) is 12.8. The molecule has 2 atom stereocenters. The zero-order valence-corrected chi connectivity index (χ0v) is 16.6. The van der Waals surface area contributed by atoms with Gasteiger partial charge >= 0.3 is 0 Å². The van der Waals surface area contributed by atoms with Gasteiger partial charge in [0.2, 0.25) is 0 Å². The molecule has 0 spiro atoms. The van der Waals surface area contributed by atoms with Crippen LogP contribution in [0.2, 0.25) is 0 Å². The lowest BCUT2D eigenvalue weighted by atomic mass is 9.81. The Kier molecular flexibility index (Phi) is 7.32. The van der Waals surface area contributed by atoms with E-state index in [0.29, 0.717) is 0 Å². The van der Waals surface area contributed by atoms with E-state index in [1.165, 1.54) is 57.2 Å². The van der Waals surface area contributed by atoms with Gasteiger partial charge in [0, 0.05) is 39.5 Å². The quantitative estimate of drug-likeness (QED) is 0.605. The fourth-order valence-corrected chi connectivity index (χ4v) is 4.46. The molecular formula is C20H36N6. The van der Waals surface area contributed by atoms with Crippen molar-refractivity contribution < 1.29 is 0 Å². The van der Waals surface area contributed by atoms with E-state index in [4.69, 9.17) is 0 Å². The number of hydrogen-bond donors (Lipinski definition) is 2. The summed E-state index contributed by atoms with van der Waals surface area (Å²) in [6.07, 6.45) is 12.6. The maximum Gasteiger partial charge on any atom is 0.190 e. The van der Waals surface area contributed by atoms with Crippen LogP contribution in [-0.4, -0.2) is 40.9 Å². The van der Waals surface area contributed by atoms with Crippen molar-refractivity contribution in [1.82, 2.24) is 25.4 Å². The highest BCUT2D eigenvalue weighted by molar-refractivity contribution is 5.79. The molecule has 3 rings (SSSR count). The molecular weight excluding hydrogens is 324 g/mol. The van der Waals surface area contributed by atoms with Crippen molar-refractivity contribution in [1.29, 1.82) is 0 Å². The Morgan fingerprint density at radius 2 is 2.00 bits per heavy atom. The molecule has 26 heavy (non-hydrogen) atoms. The molecule has 1 fully saturated rings. The van der Waals surface area contributed by atoms with Gasteiger partial charge in [0.1, 0.15) is 11.6 Å². The Hall–Kier alpha value is -1.59. The minimum Gasteiger partial charge on any atom is -0.356 e. The van der Waals surface area contributed by atoms with Crippen LogP contribution >= 0.6 is 0 Å². The molecule has 0 radical (unpaired) electrons. The number of fused-ring (bicyclic) bond motifs is 1. The number of rotatable bonds is 6. The number of aromatic nitrogens is 3. The number of aliphatic imine (C=N–C) groups is 1. The van der Waals surface area contributed by atoms with Crippen LogP contribution in [0.1, 0.15) is 69.9 Å². The Bertz CT molecular complexity index is 579. The summed E-state index contributed by atoms with van der Waals surface area (Å²) in [5, 5.41) is 15.7. The monoisotopic (exact) mass is 360 g/mol. The summed E-state index contributed by atoms with van der Waals surface area (Å²) in [6, 6.07) is 0. The lowest BCUT2D eigenvalue weighted by molar-refractivity contribution is 0.270. The van der Waals surface area contributed by atoms with Crippen LogP contribution in [0, 0.1) is 11.8 Å². The molecule has 1 aliphatic heterocycles. The number of guanidine groups is 1. The van der Waals surface area contributed by atoms with Crippen molar-refractivity contribution in [2.75, 3.05) is 20.1 Å². The van der Waals surface area contributed by atoms with Gasteiger partial charge in [0.25, 0.3) is 0 Å². The van der Waals surface area contributed by atoms with Gasteiger partial charge in [0.15, 0.2) is 5.96 Å². The molecule has 2 aliphatic rings. The van der Waals surface area contributed by atoms with Crippen molar-refractivity contribution in [2.45, 2.75) is 77.7 Å². The first-order valence-electron chi connectivity index (χ1n) is 10.6. The standard InChI is InChI=1S/C20H36N6/c1-16-7-6-8-17(15-16)10-12-22-20(21-2)23-13-11-19-25-24-18-9-4-3-5-14-26(18)19/h16-17H,3-15H2,1-2H3,(H2,21,22,23). The topological polar surface area (TPSA) is 67.1 Å². The highest BCUT2D eigenvalue weighted by atomic mass is 15.3. The summed E-state index contributed by atoms with van der Waals surface area (Å²) in [5.41, 5.74) is 0. The predicted octanol–water partition coefficient (Wildman–Crippen LogP) is 2.93. The fourth-order valence-electron chi connectivity index (χ4n) is 4.46. The molecule has 1 aliphatic carbocycles. The summed E-state index contributed by atoms with van der Waals surface area (Å²) < 4.78 is 2.33. The van der Waals surface area contributed by atoms with Crippen LogP contribution < -0.4 is 10.6 Å². The maximum atomic E-state index is 4.41. The highest BCUT2D eigenvalue weighted by Crippen LogP contribution is 2.30. The van der Waals surface area contributed by atoms with Gasteiger partial charge in [-0.05, 0) is 37.5 Å². The van der Waals surface area contributed by atoms with E-state index in [1.807, 2.05) is 7.05 Å². The van der Waals surface area contributed by atoms with Gasteiger partial charge < -0.3 is 15.2 Å². The Morgan fingerprint density at radius 1 is 1.12 bits per heavy atom. The molecule has 2 heterocycles. The van der Waals surface area contributed by atoms with Gasteiger partial charge in [0.05, 0.1) is 0 Å². The van der Waals surface area contributed by atoms with Crippen LogP contribution in [0.15, 0.2) is 4.99 Å². The number of aryl methyl sites for hydroxylation is 1. The van der Waals surface area contributed by atoms with Crippen LogP contribution in [0.3, 0.4) is 0 Å². The normalized spacial score (nSPS) is 24.0. The molecule has 1 aromatic rings. The molecule has 6 heteroatoms. The zero-order chi connectivity index (χ0) is 18.2. The third kappa shape index (κ3) is 5.45. The zero-order valence-electron chi connectivity index (χ0n) is 16.6. The summed E-state index contributed by atoms with van der Waals surface area (Å²) in [6.45, 7) is 5.32. The van der Waals surface area contributed by atoms with E-state index in [-0.39, 0.29) is 0 Å². The van der Waals surface area contributed by atoms with Crippen LogP contribution in [0.25, 0.3) is 0 Å². The Morgan fingerprint density at radius 3 is 2.85 bits per heavy atom. The molecule has 6 nitrogen and oxygen atoms in total. The van der Waals surface area contributed by atoms with Crippen molar-refractivity contribution in [3.05, 3.63) is 11.6 Å². The minimum absolute atomic E-state index is 0.846. The fraction of sp³-hybridized carbons (Fsp3) is 0.850. The van der Waals surface area contributed by atoms with E-state index in [2.05, 4.69) is 37.3 Å². The summed E-state index contributed by atoms with van der Waals surface area (Å²) in [4.78, 5) is 4.36. The summed E-state index contributed by atoms with van der Waals surface area (Å²) >= 11 is 0. The third-order valence-electron chi connectivity index (χ3n) is 5.94. The predicted molar refractivity (Wildman–Crippen MR) is 106 cm³/mol. The Balaban J connectivity index is 1.37. The molecule has 1 aromatic heterocycles. The lowest BCUT2D eigenvalue weighted by Gasteiger charge is -2.26. The van der Waals surface area contributed by atoms with Crippen LogP contribution in [0.4, 0.5) is 0 Å². The van der Waals surface area contributed by atoms with Gasteiger partial charge in [-0.3, -0.25) is 4.99 Å². The molecule has 0 amide bonds. The van der Waals surface area contributed by atoms with Gasteiger partial charge in [-0.2, -0.15) is 0 Å². The summed E-state index contributed by atoms with van der Waals surface area (Å²) in [7, 11) is 1.85. The largest absolute Gasteiger partial charge is 0.356 e. The summed E-state index contributed by atoms with van der Waals surface area (Å²) in [5.74, 6) is 4.98. The second-order valence-corrected chi connectivity index (χ2v) is 8.10. The first-order valence-corrected chi connectivity index (χ1v) is 10.6. The second kappa shape index (κ2) is 9.93. The van der Waals surface area contributed by atoms with Gasteiger partial charge in [-0.15, -0.1) is 10.2 Å². The van der Waals surface area contributed by atoms with Gasteiger partial charge in [-0.1, -0.05) is 32.6 Å². The molecule has 1 saturated carbocycles. The van der Waals surface area contributed by atoms with E-state index in [1.54, 1.807) is 0 Å². The molecule has 146 valence electrons. The van der Waals surface area contributed by atoms with E-state index >= 15 is 0 Å². The van der Waals surface area contributed by atoms with Crippen LogP contribution in [-0.2, 0) is 19.4 Å². The van der Waals surface area contributed by atoms with Crippen LogP contribution in [0.5, 0.6) is 0 Å². The molecule has 2 unspecified atom stereocenters. The Labute approximate surface area is 158 Å². The minimum atomic E-state index is 0.846. The van der Waals surface area contributed by atoms with E-state index in [9.17, 15) is 0 Å². The second-order valence-electron chi connectivity index (χ2n) is 8.10. The molecule has 2 N–H and O–H groups in total. The average molecular weight is 361 g/mol. The number of nitrogens with zero attached hydrogens (tertiary/aromatic N) is 4. The first kappa shape index (κ1) is 19.2. The highest BCUT2D eigenvalue weighted by Gasteiger charge is 2.18. The van der Waals surface area contributed by atoms with E-state index in [0.717, 1.165) is 56.1 Å². The molecule has 0 bridgehead atoms. The third-order valence-corrected chi connectivity index (χ3v) is 5.94.